The number of ether oxygens (including phenoxy) is 2. The van der Waals surface area contributed by atoms with Crippen LogP contribution in [0.5, 0.6) is 11.5 Å². The normalized spacial score (nSPS) is 10.4. The molecule has 0 aliphatic carbocycles. The van der Waals surface area contributed by atoms with Crippen LogP contribution in [0.4, 0.5) is 0 Å². The number of methoxy groups -OCH3 is 2. The molecule has 0 atom stereocenters. The van der Waals surface area contributed by atoms with Gasteiger partial charge in [-0.05, 0) is 18.2 Å². The minimum Gasteiger partial charge on any atom is -0.543 e. The van der Waals surface area contributed by atoms with E-state index in [4.69, 9.17) is 9.47 Å². The summed E-state index contributed by atoms with van der Waals surface area (Å²) in [5.41, 5.74) is 0.582. The Kier molecular flexibility index (Phi) is 2.44. The highest BCUT2D eigenvalue weighted by atomic mass is 16.5. The maximum Gasteiger partial charge on any atom is 0.143 e. The molecular formula is C11H10NO4-. The number of carboxylic acid groups (broad SMARTS) is 1. The van der Waals surface area contributed by atoms with E-state index < -0.39 is 5.97 Å². The average molecular weight is 220 g/mol. The topological polar surface area (TPSA) is 74.4 Å². The summed E-state index contributed by atoms with van der Waals surface area (Å²) < 4.78 is 10.3. The molecule has 0 radical (unpaired) electrons. The van der Waals surface area contributed by atoms with Crippen LogP contribution in [0.15, 0.2) is 18.2 Å². The van der Waals surface area contributed by atoms with Gasteiger partial charge in [0.1, 0.15) is 11.5 Å². The van der Waals surface area contributed by atoms with Gasteiger partial charge in [0, 0.05) is 5.39 Å². The highest BCUT2D eigenvalue weighted by Crippen LogP contribution is 2.32. The Hall–Kier alpha value is -2.17. The van der Waals surface area contributed by atoms with Crippen LogP contribution in [0.1, 0.15) is 10.5 Å². The number of carboxylic acids is 1. The summed E-state index contributed by atoms with van der Waals surface area (Å²) in [5, 5.41) is 11.4. The number of aromatic amines is 1. The largest absolute Gasteiger partial charge is 0.543 e. The number of aromatic carboxylic acids is 1. The van der Waals surface area contributed by atoms with Gasteiger partial charge in [-0.25, -0.2) is 0 Å². The van der Waals surface area contributed by atoms with Gasteiger partial charge >= 0.3 is 0 Å². The first-order valence-corrected chi connectivity index (χ1v) is 4.62. The smallest absolute Gasteiger partial charge is 0.143 e. The van der Waals surface area contributed by atoms with E-state index >= 15 is 0 Å². The highest BCUT2D eigenvalue weighted by Gasteiger charge is 2.11. The number of carbonyl (C=O) groups is 1. The number of H-pyrrole nitrogens is 1. The second kappa shape index (κ2) is 3.77. The summed E-state index contributed by atoms with van der Waals surface area (Å²) in [5.74, 6) is -0.122. The molecular weight excluding hydrogens is 210 g/mol. The van der Waals surface area contributed by atoms with Crippen LogP contribution in [-0.2, 0) is 0 Å². The van der Waals surface area contributed by atoms with Crippen molar-refractivity contribution in [3.05, 3.63) is 23.9 Å². The van der Waals surface area contributed by atoms with Gasteiger partial charge in [0.05, 0.1) is 31.4 Å². The molecule has 1 N–H and O–H groups in total. The van der Waals surface area contributed by atoms with E-state index in [0.717, 1.165) is 0 Å². The minimum absolute atomic E-state index is 0.00204. The van der Waals surface area contributed by atoms with Gasteiger partial charge in [-0.3, -0.25) is 0 Å². The van der Waals surface area contributed by atoms with E-state index in [-0.39, 0.29) is 5.69 Å². The Morgan fingerprint density at radius 2 is 1.88 bits per heavy atom. The van der Waals surface area contributed by atoms with Gasteiger partial charge in [-0.1, -0.05) is 0 Å². The van der Waals surface area contributed by atoms with Gasteiger partial charge in [0.15, 0.2) is 0 Å². The quantitative estimate of drug-likeness (QED) is 0.819. The van der Waals surface area contributed by atoms with E-state index in [1.165, 1.54) is 20.3 Å². The summed E-state index contributed by atoms with van der Waals surface area (Å²) in [6, 6.07) is 4.89. The molecule has 0 amide bonds. The molecule has 2 aromatic rings. The monoisotopic (exact) mass is 220 g/mol. The zero-order valence-corrected chi connectivity index (χ0v) is 8.87. The first kappa shape index (κ1) is 10.4. The zero-order valence-electron chi connectivity index (χ0n) is 8.87. The molecule has 0 saturated heterocycles. The van der Waals surface area contributed by atoms with Crippen LogP contribution >= 0.6 is 0 Å². The Morgan fingerprint density at radius 1 is 1.25 bits per heavy atom. The van der Waals surface area contributed by atoms with Crippen LogP contribution < -0.4 is 14.6 Å². The van der Waals surface area contributed by atoms with E-state index in [1.807, 2.05) is 0 Å². The van der Waals surface area contributed by atoms with E-state index in [2.05, 4.69) is 4.98 Å². The Labute approximate surface area is 91.6 Å². The van der Waals surface area contributed by atoms with Gasteiger partial charge in [-0.2, -0.15) is 0 Å². The lowest BCUT2D eigenvalue weighted by Gasteiger charge is -2.05. The Morgan fingerprint density at radius 3 is 2.44 bits per heavy atom. The molecule has 0 aliphatic heterocycles. The maximum atomic E-state index is 10.7. The van der Waals surface area contributed by atoms with E-state index in [0.29, 0.717) is 22.4 Å². The van der Waals surface area contributed by atoms with Gasteiger partial charge < -0.3 is 24.4 Å². The van der Waals surface area contributed by atoms with Crippen LogP contribution in [0.3, 0.4) is 0 Å². The molecule has 0 fully saturated rings. The Bertz CT molecular complexity index is 503. The second-order valence-electron chi connectivity index (χ2n) is 3.23. The first-order valence-electron chi connectivity index (χ1n) is 4.62. The zero-order chi connectivity index (χ0) is 11.7. The van der Waals surface area contributed by atoms with Crippen molar-refractivity contribution in [2.24, 2.45) is 0 Å². The molecule has 0 saturated carbocycles. The number of fused-ring (bicyclic) bond motifs is 1. The van der Waals surface area contributed by atoms with Crippen molar-refractivity contribution in [1.29, 1.82) is 0 Å². The van der Waals surface area contributed by atoms with Gasteiger partial charge in [-0.15, -0.1) is 0 Å². The molecule has 0 unspecified atom stereocenters. The number of nitrogens with one attached hydrogen (secondary N) is 1. The van der Waals surface area contributed by atoms with Gasteiger partial charge in [0.2, 0.25) is 0 Å². The lowest BCUT2D eigenvalue weighted by molar-refractivity contribution is -0.255. The number of carbonyl (C=O) groups excluding carboxylic acids is 1. The summed E-state index contributed by atoms with van der Waals surface area (Å²) >= 11 is 0. The van der Waals surface area contributed by atoms with Crippen molar-refractivity contribution in [2.45, 2.75) is 0 Å². The minimum atomic E-state index is -1.26. The molecule has 2 rings (SSSR count). The van der Waals surface area contributed by atoms with E-state index in [9.17, 15) is 9.90 Å². The van der Waals surface area contributed by atoms with Crippen molar-refractivity contribution in [3.63, 3.8) is 0 Å². The number of hydrogen-bond acceptors (Lipinski definition) is 4. The third kappa shape index (κ3) is 1.46. The molecule has 1 aromatic carbocycles. The first-order chi connectivity index (χ1) is 7.67. The van der Waals surface area contributed by atoms with Crippen molar-refractivity contribution in [3.8, 4) is 11.5 Å². The number of aromatic nitrogens is 1. The molecule has 0 aliphatic rings. The average Bonchev–Trinajstić information content (AvgIpc) is 2.72. The lowest BCUT2D eigenvalue weighted by atomic mass is 10.2. The number of rotatable bonds is 3. The van der Waals surface area contributed by atoms with Crippen LogP contribution in [0.2, 0.25) is 0 Å². The standard InChI is InChI=1S/C11H11NO4/c1-15-8-3-4-9(16-2)10-6(8)5-7(12-10)11(13)14/h3-5,12H,1-2H3,(H,13,14)/p-1. The van der Waals surface area contributed by atoms with Crippen molar-refractivity contribution in [1.82, 2.24) is 4.98 Å². The third-order valence-electron chi connectivity index (χ3n) is 2.38. The SMILES string of the molecule is COc1ccc(OC)c2[nH]c(C(=O)[O-])cc12. The fourth-order valence-corrected chi connectivity index (χ4v) is 1.63. The Balaban J connectivity index is 2.75. The summed E-state index contributed by atoms with van der Waals surface area (Å²) in [6.07, 6.45) is 0. The van der Waals surface area contributed by atoms with Crippen LogP contribution in [0.25, 0.3) is 10.9 Å². The fraction of sp³-hybridized carbons (Fsp3) is 0.182. The highest BCUT2D eigenvalue weighted by molar-refractivity contribution is 5.98. The van der Waals surface area contributed by atoms with Crippen molar-refractivity contribution < 1.29 is 19.4 Å². The molecule has 1 heterocycles. The molecule has 0 bridgehead atoms. The molecule has 84 valence electrons. The molecule has 5 nitrogen and oxygen atoms in total. The predicted molar refractivity (Wildman–Crippen MR) is 55.7 cm³/mol. The lowest BCUT2D eigenvalue weighted by Crippen LogP contribution is -2.22. The van der Waals surface area contributed by atoms with Gasteiger partial charge in [0.25, 0.3) is 0 Å². The van der Waals surface area contributed by atoms with E-state index in [1.54, 1.807) is 12.1 Å². The van der Waals surface area contributed by atoms with Crippen molar-refractivity contribution in [2.75, 3.05) is 14.2 Å². The number of benzene rings is 1. The molecule has 16 heavy (non-hydrogen) atoms. The van der Waals surface area contributed by atoms with Crippen LogP contribution in [-0.4, -0.2) is 25.2 Å². The number of hydrogen-bond donors (Lipinski definition) is 1. The fourth-order valence-electron chi connectivity index (χ4n) is 1.63. The predicted octanol–water partition coefficient (Wildman–Crippen LogP) is 0.549. The maximum absolute atomic E-state index is 10.7. The van der Waals surface area contributed by atoms with Crippen LogP contribution in [0, 0.1) is 0 Å². The summed E-state index contributed by atoms with van der Waals surface area (Å²) in [4.78, 5) is 13.5. The molecule has 1 aromatic heterocycles. The second-order valence-corrected chi connectivity index (χ2v) is 3.23. The third-order valence-corrected chi connectivity index (χ3v) is 2.38. The molecule has 5 heteroatoms. The molecule has 0 spiro atoms. The van der Waals surface area contributed by atoms with Crippen molar-refractivity contribution >= 4 is 16.9 Å². The summed E-state index contributed by atoms with van der Waals surface area (Å²) in [6.45, 7) is 0. The summed E-state index contributed by atoms with van der Waals surface area (Å²) in [7, 11) is 3.04.